The van der Waals surface area contributed by atoms with Crippen molar-refractivity contribution >= 4 is 44.9 Å². The maximum absolute atomic E-state index is 14.6. The molecule has 1 aromatic carbocycles. The lowest BCUT2D eigenvalue weighted by atomic mass is 9.85. The summed E-state index contributed by atoms with van der Waals surface area (Å²) in [7, 11) is -2.29. The highest BCUT2D eigenvalue weighted by molar-refractivity contribution is 7.91. The standard InChI is InChI=1S/C38H52N6O9S/c1-6-22-19-38(22,35(47)43-54(49,50)25-13-14-25)42-32(45)29-18-24-20-44(29)34(46)31(37(2,3)4)41-36(48)53-30-16-21(30)10-8-7-9-11-27-33(52-24)40-28-17-23(51-5)12-15-26(28)39-27/h12,15,17,21-22,24-25,29-31H,6-11,13-14,16,18-20H2,1-5H3,(H,41,48)(H,42,45)(H,43,47)/t21-,22-,24-,29+,30-,31-,38-/m1/s1. The van der Waals surface area contributed by atoms with Gasteiger partial charge in [-0.2, -0.15) is 0 Å². The fourth-order valence-corrected chi connectivity index (χ4v) is 9.28. The van der Waals surface area contributed by atoms with E-state index in [1.165, 1.54) is 4.90 Å². The van der Waals surface area contributed by atoms with Gasteiger partial charge in [0, 0.05) is 12.5 Å². The van der Waals surface area contributed by atoms with E-state index in [1.54, 1.807) is 13.2 Å². The third-order valence-electron chi connectivity index (χ3n) is 11.6. The van der Waals surface area contributed by atoms with Crippen molar-refractivity contribution in [3.8, 4) is 11.6 Å². The SMILES string of the molecule is CC[C@@H]1C[C@]1(NC(=O)[C@@H]1C[C@@H]2CN1C(=O)[C@H](C(C)(C)C)NC(=O)O[C@@H]1C[C@H]1CCCCCc1nc3ccc(OC)cc3nc1O2)C(=O)NS(=O)(=O)C1CC1. The molecule has 2 aliphatic heterocycles. The number of carbonyl (C=O) groups is 4. The number of carbonyl (C=O) groups excluding carboxylic acids is 4. The van der Waals surface area contributed by atoms with Crippen molar-refractivity contribution in [2.45, 2.75) is 133 Å². The number of ether oxygens (including phenoxy) is 3. The van der Waals surface area contributed by atoms with Gasteiger partial charge in [-0.05, 0) is 74.3 Å². The number of aromatic nitrogens is 2. The molecular weight excluding hydrogens is 717 g/mol. The number of hydrogen-bond donors (Lipinski definition) is 3. The Kier molecular flexibility index (Phi) is 10.2. The van der Waals surface area contributed by atoms with Gasteiger partial charge in [0.25, 0.3) is 5.91 Å². The molecule has 0 spiro atoms. The molecule has 3 saturated carbocycles. The predicted octanol–water partition coefficient (Wildman–Crippen LogP) is 3.53. The normalized spacial score (nSPS) is 30.4. The van der Waals surface area contributed by atoms with Gasteiger partial charge in [-0.3, -0.25) is 19.1 Å². The Labute approximate surface area is 316 Å². The van der Waals surface area contributed by atoms with Crippen LogP contribution < -0.4 is 24.8 Å². The third kappa shape index (κ3) is 7.94. The number of methoxy groups -OCH3 is 1. The van der Waals surface area contributed by atoms with Crippen LogP contribution in [0.5, 0.6) is 11.6 Å². The lowest BCUT2D eigenvalue weighted by Crippen LogP contribution is -2.60. The van der Waals surface area contributed by atoms with Gasteiger partial charge in [0.2, 0.25) is 27.7 Å². The molecule has 2 aromatic rings. The van der Waals surface area contributed by atoms with E-state index < -0.39 is 68.2 Å². The number of nitrogens with one attached hydrogen (secondary N) is 3. The molecule has 16 heteroatoms. The third-order valence-corrected chi connectivity index (χ3v) is 13.4. The predicted molar refractivity (Wildman–Crippen MR) is 197 cm³/mol. The molecule has 4 amide bonds. The smallest absolute Gasteiger partial charge is 0.408 e. The van der Waals surface area contributed by atoms with Crippen LogP contribution in [0.3, 0.4) is 0 Å². The summed E-state index contributed by atoms with van der Waals surface area (Å²) in [5.74, 6) is -0.991. The highest BCUT2D eigenvalue weighted by atomic mass is 32.2. The van der Waals surface area contributed by atoms with Gasteiger partial charge in [-0.25, -0.2) is 23.2 Å². The van der Waals surface area contributed by atoms with Crippen molar-refractivity contribution in [3.63, 3.8) is 0 Å². The van der Waals surface area contributed by atoms with Crippen molar-refractivity contribution in [2.24, 2.45) is 17.3 Å². The molecule has 1 aromatic heterocycles. The largest absolute Gasteiger partial charge is 0.497 e. The Balaban J connectivity index is 1.21. The lowest BCUT2D eigenvalue weighted by Gasteiger charge is -2.35. The fraction of sp³-hybridized carbons (Fsp3) is 0.684. The van der Waals surface area contributed by atoms with Gasteiger partial charge < -0.3 is 29.7 Å². The number of amides is 4. The first kappa shape index (κ1) is 38.1. The van der Waals surface area contributed by atoms with Gasteiger partial charge in [-0.1, -0.05) is 47.0 Å². The van der Waals surface area contributed by atoms with Crippen molar-refractivity contribution in [2.75, 3.05) is 13.7 Å². The number of sulfonamides is 1. The topological polar surface area (TPSA) is 195 Å². The van der Waals surface area contributed by atoms with Crippen LogP contribution in [0.2, 0.25) is 0 Å². The van der Waals surface area contributed by atoms with E-state index in [0.717, 1.165) is 32.1 Å². The van der Waals surface area contributed by atoms with Crippen molar-refractivity contribution in [3.05, 3.63) is 23.9 Å². The van der Waals surface area contributed by atoms with Crippen LogP contribution in [-0.4, -0.2) is 95.8 Å². The van der Waals surface area contributed by atoms with Gasteiger partial charge in [0.05, 0.1) is 29.9 Å². The molecule has 4 fully saturated rings. The summed E-state index contributed by atoms with van der Waals surface area (Å²) in [6.07, 6.45) is 5.22. The molecule has 5 aliphatic rings. The molecule has 0 radical (unpaired) electrons. The molecule has 7 rings (SSSR count). The Morgan fingerprint density at radius 2 is 1.83 bits per heavy atom. The zero-order valence-electron chi connectivity index (χ0n) is 31.7. The molecule has 54 heavy (non-hydrogen) atoms. The minimum atomic E-state index is -3.87. The first-order valence-corrected chi connectivity index (χ1v) is 20.8. The second-order valence-electron chi connectivity index (χ2n) is 16.7. The van der Waals surface area contributed by atoms with Crippen LogP contribution in [0, 0.1) is 17.3 Å². The fourth-order valence-electron chi connectivity index (χ4n) is 7.91. The second-order valence-corrected chi connectivity index (χ2v) is 18.7. The van der Waals surface area contributed by atoms with E-state index in [1.807, 2.05) is 39.8 Å². The minimum absolute atomic E-state index is 0.0192. The molecule has 1 saturated heterocycles. The number of aryl methyl sites for hydroxylation is 1. The first-order chi connectivity index (χ1) is 25.6. The summed E-state index contributed by atoms with van der Waals surface area (Å²) >= 11 is 0. The Bertz CT molecular complexity index is 1930. The number of benzene rings is 1. The number of fused-ring (bicyclic) bond motifs is 5. The number of rotatable bonds is 7. The zero-order valence-corrected chi connectivity index (χ0v) is 32.5. The number of alkyl carbamates (subject to hydrolysis) is 1. The van der Waals surface area contributed by atoms with E-state index in [9.17, 15) is 27.6 Å². The van der Waals surface area contributed by atoms with E-state index in [4.69, 9.17) is 24.2 Å². The van der Waals surface area contributed by atoms with Gasteiger partial charge in [0.1, 0.15) is 41.3 Å². The molecule has 3 aliphatic carbocycles. The number of hydrogen-bond acceptors (Lipinski definition) is 11. The average Bonchev–Trinajstić information content (AvgIpc) is 4.04. The van der Waals surface area contributed by atoms with Crippen molar-refractivity contribution in [1.82, 2.24) is 30.2 Å². The lowest BCUT2D eigenvalue weighted by molar-refractivity contribution is -0.143. The molecule has 2 bridgehead atoms. The first-order valence-electron chi connectivity index (χ1n) is 19.3. The molecule has 3 heterocycles. The summed E-state index contributed by atoms with van der Waals surface area (Å²) in [6, 6.07) is 3.27. The zero-order chi connectivity index (χ0) is 38.6. The van der Waals surface area contributed by atoms with E-state index in [-0.39, 0.29) is 37.3 Å². The van der Waals surface area contributed by atoms with Gasteiger partial charge in [-0.15, -0.1) is 0 Å². The summed E-state index contributed by atoms with van der Waals surface area (Å²) in [6.45, 7) is 7.32. The second kappa shape index (κ2) is 14.5. The molecule has 3 N–H and O–H groups in total. The van der Waals surface area contributed by atoms with E-state index in [0.29, 0.717) is 54.0 Å². The highest BCUT2D eigenvalue weighted by Crippen LogP contribution is 2.47. The maximum atomic E-state index is 14.6. The quantitative estimate of drug-likeness (QED) is 0.373. The van der Waals surface area contributed by atoms with Crippen molar-refractivity contribution in [1.29, 1.82) is 0 Å². The molecular formula is C38H52N6O9S. The minimum Gasteiger partial charge on any atom is -0.497 e. The van der Waals surface area contributed by atoms with E-state index >= 15 is 0 Å². The molecule has 0 unspecified atom stereocenters. The van der Waals surface area contributed by atoms with Gasteiger partial charge >= 0.3 is 6.09 Å². The van der Waals surface area contributed by atoms with Gasteiger partial charge in [0.15, 0.2) is 0 Å². The van der Waals surface area contributed by atoms with Crippen LogP contribution in [0.15, 0.2) is 18.2 Å². The number of nitrogens with zero attached hydrogens (tertiary/aromatic N) is 3. The molecule has 7 atom stereocenters. The van der Waals surface area contributed by atoms with Crippen LogP contribution in [0.4, 0.5) is 4.79 Å². The Morgan fingerprint density at radius 1 is 1.06 bits per heavy atom. The van der Waals surface area contributed by atoms with Crippen LogP contribution in [-0.2, 0) is 35.6 Å². The summed E-state index contributed by atoms with van der Waals surface area (Å²) < 4.78 is 45.5. The highest BCUT2D eigenvalue weighted by Gasteiger charge is 2.62. The Morgan fingerprint density at radius 3 is 2.52 bits per heavy atom. The molecule has 294 valence electrons. The molecule has 15 nitrogen and oxygen atoms in total. The monoisotopic (exact) mass is 768 g/mol. The average molecular weight is 769 g/mol. The summed E-state index contributed by atoms with van der Waals surface area (Å²) in [4.78, 5) is 67.0. The summed E-state index contributed by atoms with van der Waals surface area (Å²) in [5.41, 5.74) is -0.291. The van der Waals surface area contributed by atoms with E-state index in [2.05, 4.69) is 15.4 Å². The van der Waals surface area contributed by atoms with Crippen LogP contribution >= 0.6 is 0 Å². The Hall–Kier alpha value is -4.21. The van der Waals surface area contributed by atoms with Crippen molar-refractivity contribution < 1.29 is 41.8 Å². The summed E-state index contributed by atoms with van der Waals surface area (Å²) in [5, 5.41) is 5.07. The maximum Gasteiger partial charge on any atom is 0.408 e. The van der Waals surface area contributed by atoms with Crippen LogP contribution in [0.25, 0.3) is 11.0 Å². The van der Waals surface area contributed by atoms with Crippen LogP contribution in [0.1, 0.15) is 97.6 Å².